The van der Waals surface area contributed by atoms with Crippen molar-refractivity contribution in [2.45, 2.75) is 17.7 Å². The van der Waals surface area contributed by atoms with Crippen LogP contribution in [0.5, 0.6) is 0 Å². The zero-order valence-electron chi connectivity index (χ0n) is 16.1. The van der Waals surface area contributed by atoms with Crippen molar-refractivity contribution in [1.82, 2.24) is 4.72 Å². The van der Waals surface area contributed by atoms with Crippen molar-refractivity contribution in [2.75, 3.05) is 37.0 Å². The quantitative estimate of drug-likeness (QED) is 0.639. The van der Waals surface area contributed by atoms with E-state index in [0.29, 0.717) is 29.9 Å². The van der Waals surface area contributed by atoms with Crippen LogP contribution in [0.15, 0.2) is 53.4 Å². The Bertz CT molecular complexity index is 989. The van der Waals surface area contributed by atoms with Crippen LogP contribution < -0.4 is 14.9 Å². The summed E-state index contributed by atoms with van der Waals surface area (Å²) >= 11 is 0. The van der Waals surface area contributed by atoms with Gasteiger partial charge in [0.1, 0.15) is 0 Å². The van der Waals surface area contributed by atoms with Crippen molar-refractivity contribution < 1.29 is 22.7 Å². The molecule has 0 spiro atoms. The summed E-state index contributed by atoms with van der Waals surface area (Å²) in [6.07, 6.45) is 1.28. The zero-order valence-corrected chi connectivity index (χ0v) is 16.9. The Labute approximate surface area is 169 Å². The molecule has 2 N–H and O–H groups in total. The molecule has 1 aliphatic rings. The van der Waals surface area contributed by atoms with Crippen LogP contribution in [-0.4, -0.2) is 47.0 Å². The number of sulfonamides is 1. The van der Waals surface area contributed by atoms with E-state index in [2.05, 4.69) is 10.0 Å². The molecule has 1 aliphatic heterocycles. The monoisotopic (exact) mass is 417 g/mol. The van der Waals surface area contributed by atoms with Gasteiger partial charge in [0.25, 0.3) is 5.91 Å². The third kappa shape index (κ3) is 5.00. The summed E-state index contributed by atoms with van der Waals surface area (Å²) in [7, 11) is -2.18. The number of benzene rings is 2. The molecule has 3 rings (SSSR count). The van der Waals surface area contributed by atoms with Gasteiger partial charge >= 0.3 is 0 Å². The number of methoxy groups -OCH3 is 1. The first-order valence-corrected chi connectivity index (χ1v) is 10.7. The summed E-state index contributed by atoms with van der Waals surface area (Å²) in [6, 6.07) is 12.8. The van der Waals surface area contributed by atoms with Crippen LogP contribution in [0, 0.1) is 0 Å². The highest BCUT2D eigenvalue weighted by molar-refractivity contribution is 7.89. The molecule has 0 bridgehead atoms. The number of amides is 2. The Morgan fingerprint density at radius 2 is 1.86 bits per heavy atom. The summed E-state index contributed by atoms with van der Waals surface area (Å²) in [5, 5.41) is 2.81. The third-order valence-electron chi connectivity index (χ3n) is 4.54. The topological polar surface area (TPSA) is 105 Å². The van der Waals surface area contributed by atoms with E-state index in [-0.39, 0.29) is 29.9 Å². The predicted octanol–water partition coefficient (Wildman–Crippen LogP) is 1.99. The van der Waals surface area contributed by atoms with Gasteiger partial charge in [-0.15, -0.1) is 0 Å². The van der Waals surface area contributed by atoms with E-state index in [1.165, 1.54) is 31.4 Å². The predicted molar refractivity (Wildman–Crippen MR) is 109 cm³/mol. The maximum absolute atomic E-state index is 12.6. The average Bonchev–Trinajstić information content (AvgIpc) is 3.14. The smallest absolute Gasteiger partial charge is 0.255 e. The summed E-state index contributed by atoms with van der Waals surface area (Å²) in [6.45, 7) is 1.04. The number of nitrogens with one attached hydrogen (secondary N) is 2. The van der Waals surface area contributed by atoms with E-state index in [1.807, 2.05) is 6.07 Å². The molecule has 9 heteroatoms. The van der Waals surface area contributed by atoms with Gasteiger partial charge in [0.15, 0.2) is 0 Å². The fourth-order valence-electron chi connectivity index (χ4n) is 3.06. The lowest BCUT2D eigenvalue weighted by atomic mass is 10.2. The van der Waals surface area contributed by atoms with Gasteiger partial charge in [-0.3, -0.25) is 9.59 Å². The molecule has 2 amide bonds. The molecule has 2 aromatic carbocycles. The van der Waals surface area contributed by atoms with Crippen LogP contribution in [0.4, 0.5) is 11.4 Å². The van der Waals surface area contributed by atoms with Crippen LogP contribution in [0.2, 0.25) is 0 Å². The maximum Gasteiger partial charge on any atom is 0.255 e. The van der Waals surface area contributed by atoms with E-state index in [4.69, 9.17) is 4.74 Å². The van der Waals surface area contributed by atoms with Crippen molar-refractivity contribution in [3.8, 4) is 0 Å². The minimum absolute atomic E-state index is 0.0298. The van der Waals surface area contributed by atoms with Gasteiger partial charge in [-0.2, -0.15) is 0 Å². The molecule has 0 aromatic heterocycles. The number of ether oxygens (including phenoxy) is 1. The number of hydrogen-bond donors (Lipinski definition) is 2. The van der Waals surface area contributed by atoms with Gasteiger partial charge < -0.3 is 15.0 Å². The fourth-order valence-corrected chi connectivity index (χ4v) is 4.07. The largest absolute Gasteiger partial charge is 0.383 e. The molecule has 1 fully saturated rings. The molecule has 0 saturated carbocycles. The van der Waals surface area contributed by atoms with Crippen molar-refractivity contribution in [3.05, 3.63) is 54.1 Å². The lowest BCUT2D eigenvalue weighted by molar-refractivity contribution is -0.117. The number of anilines is 2. The zero-order chi connectivity index (χ0) is 20.9. The molecule has 0 atom stereocenters. The minimum atomic E-state index is -3.66. The first kappa shape index (κ1) is 21.0. The van der Waals surface area contributed by atoms with E-state index >= 15 is 0 Å². The second kappa shape index (κ2) is 9.17. The second-order valence-corrected chi connectivity index (χ2v) is 8.30. The molecule has 2 aromatic rings. The van der Waals surface area contributed by atoms with Crippen LogP contribution in [0.25, 0.3) is 0 Å². The number of rotatable bonds is 8. The SMILES string of the molecule is COCCNS(=O)(=O)c1ccc(C(=O)Nc2ccccc2N2CCCC2=O)cc1. The van der Waals surface area contributed by atoms with E-state index in [9.17, 15) is 18.0 Å². The van der Waals surface area contributed by atoms with Gasteiger partial charge in [-0.05, 0) is 42.8 Å². The van der Waals surface area contributed by atoms with Crippen LogP contribution in [0.3, 0.4) is 0 Å². The molecular weight excluding hydrogens is 394 g/mol. The van der Waals surface area contributed by atoms with Crippen molar-refractivity contribution in [3.63, 3.8) is 0 Å². The Kier molecular flexibility index (Phi) is 6.63. The fraction of sp³-hybridized carbons (Fsp3) is 0.300. The summed E-state index contributed by atoms with van der Waals surface area (Å²) in [4.78, 5) is 26.4. The molecular formula is C20H23N3O5S. The number of para-hydroxylation sites is 2. The summed E-state index contributed by atoms with van der Waals surface area (Å²) < 4.78 is 31.6. The molecule has 8 nitrogen and oxygen atoms in total. The van der Waals surface area contributed by atoms with E-state index < -0.39 is 10.0 Å². The van der Waals surface area contributed by atoms with Gasteiger partial charge in [-0.25, -0.2) is 13.1 Å². The van der Waals surface area contributed by atoms with Crippen molar-refractivity contribution >= 4 is 33.2 Å². The van der Waals surface area contributed by atoms with Crippen molar-refractivity contribution in [2.24, 2.45) is 0 Å². The van der Waals surface area contributed by atoms with E-state index in [0.717, 1.165) is 6.42 Å². The number of nitrogens with zero attached hydrogens (tertiary/aromatic N) is 1. The maximum atomic E-state index is 12.6. The van der Waals surface area contributed by atoms with Gasteiger partial charge in [0.05, 0.1) is 22.9 Å². The lowest BCUT2D eigenvalue weighted by Crippen LogP contribution is -2.27. The highest BCUT2D eigenvalue weighted by Crippen LogP contribution is 2.29. The number of hydrogen-bond acceptors (Lipinski definition) is 5. The average molecular weight is 417 g/mol. The number of carbonyl (C=O) groups excluding carboxylic acids is 2. The molecule has 0 radical (unpaired) electrons. The Morgan fingerprint density at radius 1 is 1.14 bits per heavy atom. The van der Waals surface area contributed by atoms with Crippen LogP contribution in [0.1, 0.15) is 23.2 Å². The summed E-state index contributed by atoms with van der Waals surface area (Å²) in [5.74, 6) is -0.359. The minimum Gasteiger partial charge on any atom is -0.383 e. The summed E-state index contributed by atoms with van der Waals surface area (Å²) in [5.41, 5.74) is 1.50. The Hall–Kier alpha value is -2.75. The highest BCUT2D eigenvalue weighted by Gasteiger charge is 2.24. The van der Waals surface area contributed by atoms with Gasteiger partial charge in [0, 0.05) is 32.2 Å². The van der Waals surface area contributed by atoms with Gasteiger partial charge in [0.2, 0.25) is 15.9 Å². The second-order valence-electron chi connectivity index (χ2n) is 6.54. The molecule has 0 unspecified atom stereocenters. The lowest BCUT2D eigenvalue weighted by Gasteiger charge is -2.20. The highest BCUT2D eigenvalue weighted by atomic mass is 32.2. The Morgan fingerprint density at radius 3 is 2.52 bits per heavy atom. The van der Waals surface area contributed by atoms with Gasteiger partial charge in [-0.1, -0.05) is 12.1 Å². The first-order valence-electron chi connectivity index (χ1n) is 9.22. The van der Waals surface area contributed by atoms with Crippen LogP contribution in [-0.2, 0) is 19.6 Å². The number of carbonyl (C=O) groups is 2. The molecule has 154 valence electrons. The van der Waals surface area contributed by atoms with E-state index in [1.54, 1.807) is 23.1 Å². The normalized spacial score (nSPS) is 14.2. The molecule has 1 saturated heterocycles. The molecule has 1 heterocycles. The molecule has 29 heavy (non-hydrogen) atoms. The standard InChI is InChI=1S/C20H23N3O5S/c1-28-14-12-21-29(26,27)16-10-8-15(9-11-16)20(25)22-17-5-2-3-6-18(17)23-13-4-7-19(23)24/h2-3,5-6,8-11,21H,4,7,12-14H2,1H3,(H,22,25). The third-order valence-corrected chi connectivity index (χ3v) is 6.02. The first-order chi connectivity index (χ1) is 13.9. The Balaban J connectivity index is 1.73. The van der Waals surface area contributed by atoms with Crippen LogP contribution >= 0.6 is 0 Å². The van der Waals surface area contributed by atoms with Crippen molar-refractivity contribution in [1.29, 1.82) is 0 Å². The molecule has 0 aliphatic carbocycles.